The second-order valence-corrected chi connectivity index (χ2v) is 9.88. The van der Waals surface area contributed by atoms with Crippen LogP contribution in [0.2, 0.25) is 5.02 Å². The number of ether oxygens (including phenoxy) is 1. The van der Waals surface area contributed by atoms with Crippen LogP contribution in [0, 0.1) is 0 Å². The second-order valence-electron chi connectivity index (χ2n) is 8.50. The zero-order valence-electron chi connectivity index (χ0n) is 18.9. The van der Waals surface area contributed by atoms with Gasteiger partial charge in [-0.25, -0.2) is 4.98 Å². The maximum absolute atomic E-state index is 12.6. The number of morpholine rings is 1. The number of nitrogens with zero attached hydrogens (tertiary/aromatic N) is 3. The zero-order valence-corrected chi connectivity index (χ0v) is 20.4. The first-order valence-corrected chi connectivity index (χ1v) is 12.7. The molecule has 0 spiro atoms. The van der Waals surface area contributed by atoms with Crippen molar-refractivity contribution in [1.29, 1.82) is 0 Å². The lowest BCUT2D eigenvalue weighted by Gasteiger charge is -2.26. The Bertz CT molecular complexity index is 1280. The quantitative estimate of drug-likeness (QED) is 0.380. The predicted octanol–water partition coefficient (Wildman–Crippen LogP) is 4.86. The Hall–Kier alpha value is -2.71. The van der Waals surface area contributed by atoms with Crippen molar-refractivity contribution in [3.05, 3.63) is 81.4 Å². The number of hydrogen-bond acceptors (Lipinski definition) is 5. The molecule has 6 nitrogen and oxygen atoms in total. The van der Waals surface area contributed by atoms with Crippen LogP contribution in [-0.2, 0) is 28.9 Å². The number of carbonyl (C=O) groups is 1. The average molecular weight is 495 g/mol. The summed E-state index contributed by atoms with van der Waals surface area (Å²) >= 11 is 7.64. The highest BCUT2D eigenvalue weighted by atomic mass is 35.5. The highest BCUT2D eigenvalue weighted by Crippen LogP contribution is 2.22. The van der Waals surface area contributed by atoms with Gasteiger partial charge < -0.3 is 14.6 Å². The molecule has 1 fully saturated rings. The Morgan fingerprint density at radius 2 is 2.00 bits per heavy atom. The van der Waals surface area contributed by atoms with E-state index in [9.17, 15) is 4.79 Å². The summed E-state index contributed by atoms with van der Waals surface area (Å²) in [5.41, 5.74) is 3.88. The van der Waals surface area contributed by atoms with Gasteiger partial charge in [-0.3, -0.25) is 9.69 Å². The number of rotatable bonds is 8. The van der Waals surface area contributed by atoms with Crippen molar-refractivity contribution in [2.45, 2.75) is 19.4 Å². The lowest BCUT2D eigenvalue weighted by atomic mass is 10.2. The van der Waals surface area contributed by atoms with Gasteiger partial charge in [0.1, 0.15) is 0 Å². The molecule has 1 N–H and O–H groups in total. The molecular formula is C26H27ClN4O2S. The van der Waals surface area contributed by atoms with Gasteiger partial charge in [0, 0.05) is 65.8 Å². The first kappa shape index (κ1) is 23.1. The first-order valence-electron chi connectivity index (χ1n) is 11.5. The summed E-state index contributed by atoms with van der Waals surface area (Å²) in [6.45, 7) is 5.58. The van der Waals surface area contributed by atoms with E-state index in [0.29, 0.717) is 6.42 Å². The minimum absolute atomic E-state index is 0.0642. The van der Waals surface area contributed by atoms with Crippen molar-refractivity contribution in [1.82, 2.24) is 14.5 Å². The molecule has 1 amide bonds. The second kappa shape index (κ2) is 10.7. The maximum Gasteiger partial charge on any atom is 0.230 e. The first-order chi connectivity index (χ1) is 16.6. The normalized spacial score (nSPS) is 14.5. The third-order valence-corrected chi connectivity index (χ3v) is 7.13. The Morgan fingerprint density at radius 3 is 2.85 bits per heavy atom. The molecule has 34 heavy (non-hydrogen) atoms. The minimum Gasteiger partial charge on any atom is -0.379 e. The molecule has 2 aromatic carbocycles. The molecule has 1 aliphatic heterocycles. The maximum atomic E-state index is 12.6. The van der Waals surface area contributed by atoms with Crippen molar-refractivity contribution in [3.63, 3.8) is 0 Å². The van der Waals surface area contributed by atoms with Gasteiger partial charge in [-0.2, -0.15) is 0 Å². The van der Waals surface area contributed by atoms with E-state index in [4.69, 9.17) is 16.3 Å². The van der Waals surface area contributed by atoms with Crippen molar-refractivity contribution < 1.29 is 9.53 Å². The molecule has 0 radical (unpaired) electrons. The van der Waals surface area contributed by atoms with Crippen molar-refractivity contribution in [2.24, 2.45) is 0 Å². The lowest BCUT2D eigenvalue weighted by Crippen LogP contribution is -2.38. The minimum atomic E-state index is -0.0642. The monoisotopic (exact) mass is 494 g/mol. The molecule has 0 unspecified atom stereocenters. The number of aromatic nitrogens is 2. The molecule has 4 aromatic rings. The van der Waals surface area contributed by atoms with Gasteiger partial charge >= 0.3 is 0 Å². The van der Waals surface area contributed by atoms with Crippen LogP contribution in [0.5, 0.6) is 0 Å². The van der Waals surface area contributed by atoms with E-state index < -0.39 is 0 Å². The summed E-state index contributed by atoms with van der Waals surface area (Å²) in [5, 5.41) is 7.79. The van der Waals surface area contributed by atoms with Crippen LogP contribution < -0.4 is 5.32 Å². The third-order valence-electron chi connectivity index (χ3n) is 6.00. The number of thiazole rings is 1. The summed E-state index contributed by atoms with van der Waals surface area (Å²) < 4.78 is 7.70. The molecule has 1 aliphatic rings. The van der Waals surface area contributed by atoms with Crippen LogP contribution in [0.3, 0.4) is 0 Å². The standard InChI is InChI=1S/C26H27ClN4O2S/c27-21-3-1-2-19(14-21)15-26-29-23(18-34-26)17-25(32)28-22-4-5-24-20(16-22)6-7-31(24)9-8-30-10-12-33-13-11-30/h1-7,14,16,18H,8-13,15,17H2,(H,28,32). The molecule has 176 valence electrons. The van der Waals surface area contributed by atoms with Crippen LogP contribution in [0.4, 0.5) is 5.69 Å². The number of benzene rings is 2. The van der Waals surface area contributed by atoms with E-state index in [1.54, 1.807) is 11.3 Å². The number of carbonyl (C=O) groups excluding carboxylic acids is 1. The molecule has 5 rings (SSSR count). The Morgan fingerprint density at radius 1 is 1.12 bits per heavy atom. The largest absolute Gasteiger partial charge is 0.379 e. The summed E-state index contributed by atoms with van der Waals surface area (Å²) in [4.78, 5) is 19.7. The molecule has 1 saturated heterocycles. The van der Waals surface area contributed by atoms with Crippen LogP contribution in [0.25, 0.3) is 10.9 Å². The molecule has 0 aliphatic carbocycles. The number of anilines is 1. The predicted molar refractivity (Wildman–Crippen MR) is 138 cm³/mol. The van der Waals surface area contributed by atoms with Crippen molar-refractivity contribution in [2.75, 3.05) is 38.2 Å². The smallest absolute Gasteiger partial charge is 0.230 e. The lowest BCUT2D eigenvalue weighted by molar-refractivity contribution is -0.115. The van der Waals surface area contributed by atoms with Gasteiger partial charge in [-0.1, -0.05) is 23.7 Å². The molecule has 3 heterocycles. The molecule has 0 saturated carbocycles. The van der Waals surface area contributed by atoms with Crippen LogP contribution >= 0.6 is 22.9 Å². The fraction of sp³-hybridized carbons (Fsp3) is 0.308. The zero-order chi connectivity index (χ0) is 23.3. The van der Waals surface area contributed by atoms with Gasteiger partial charge in [0.15, 0.2) is 0 Å². The van der Waals surface area contributed by atoms with Crippen LogP contribution in [0.15, 0.2) is 60.1 Å². The van der Waals surface area contributed by atoms with Crippen molar-refractivity contribution >= 4 is 45.4 Å². The fourth-order valence-corrected chi connectivity index (χ4v) is 5.29. The molecular weight excluding hydrogens is 468 g/mol. The number of fused-ring (bicyclic) bond motifs is 1. The van der Waals surface area contributed by atoms with E-state index in [1.807, 2.05) is 41.8 Å². The van der Waals surface area contributed by atoms with Gasteiger partial charge in [0.25, 0.3) is 0 Å². The Kier molecular flexibility index (Phi) is 7.25. The highest BCUT2D eigenvalue weighted by Gasteiger charge is 2.12. The SMILES string of the molecule is O=C(Cc1csc(Cc2cccc(Cl)c2)n1)Nc1ccc2c(ccn2CCN2CCOCC2)c1. The summed E-state index contributed by atoms with van der Waals surface area (Å²) in [5.74, 6) is -0.0642. The van der Waals surface area contributed by atoms with Gasteiger partial charge in [0.2, 0.25) is 5.91 Å². The molecule has 2 aromatic heterocycles. The summed E-state index contributed by atoms with van der Waals surface area (Å²) in [6, 6.07) is 16.0. The fourth-order valence-electron chi connectivity index (χ4n) is 4.25. The van der Waals surface area contributed by atoms with Gasteiger partial charge in [0.05, 0.1) is 30.3 Å². The van der Waals surface area contributed by atoms with Crippen molar-refractivity contribution in [3.8, 4) is 0 Å². The molecule has 8 heteroatoms. The highest BCUT2D eigenvalue weighted by molar-refractivity contribution is 7.09. The number of halogens is 1. The van der Waals surface area contributed by atoms with E-state index in [0.717, 1.165) is 71.8 Å². The van der Waals surface area contributed by atoms with E-state index >= 15 is 0 Å². The summed E-state index contributed by atoms with van der Waals surface area (Å²) in [7, 11) is 0. The Labute approximate surface area is 208 Å². The number of amides is 1. The number of hydrogen-bond donors (Lipinski definition) is 1. The van der Waals surface area contributed by atoms with E-state index in [2.05, 4.69) is 38.1 Å². The molecule has 0 bridgehead atoms. The van der Waals surface area contributed by atoms with Crippen LogP contribution in [-0.4, -0.2) is 53.2 Å². The topological polar surface area (TPSA) is 59.4 Å². The van der Waals surface area contributed by atoms with Gasteiger partial charge in [-0.05, 0) is 42.0 Å². The van der Waals surface area contributed by atoms with Crippen LogP contribution in [0.1, 0.15) is 16.3 Å². The van der Waals surface area contributed by atoms with Gasteiger partial charge in [-0.15, -0.1) is 11.3 Å². The average Bonchev–Trinajstić information content (AvgIpc) is 3.44. The van der Waals surface area contributed by atoms with E-state index in [-0.39, 0.29) is 12.3 Å². The van der Waals surface area contributed by atoms with E-state index in [1.165, 1.54) is 5.52 Å². The number of nitrogens with one attached hydrogen (secondary N) is 1. The summed E-state index contributed by atoms with van der Waals surface area (Å²) in [6.07, 6.45) is 3.09. The Balaban J connectivity index is 1.16. The third kappa shape index (κ3) is 5.85. The molecule has 0 atom stereocenters.